The zero-order valence-corrected chi connectivity index (χ0v) is 18.3. The molecule has 2 N–H and O–H groups in total. The van der Waals surface area contributed by atoms with Gasteiger partial charge in [0, 0.05) is 24.2 Å². The number of hydrogen-bond acceptors (Lipinski definition) is 3. The second kappa shape index (κ2) is 10.3. The van der Waals surface area contributed by atoms with Crippen molar-refractivity contribution in [3.8, 4) is 11.5 Å². The molecule has 3 rings (SSSR count). The Kier molecular flexibility index (Phi) is 8.12. The molecule has 5 nitrogen and oxygen atoms in total. The van der Waals surface area contributed by atoms with Crippen molar-refractivity contribution in [3.05, 3.63) is 76.6 Å². The monoisotopic (exact) mass is 496 g/mol. The smallest absolute Gasteiger partial charge is 0.226 e. The van der Waals surface area contributed by atoms with E-state index in [9.17, 15) is 0 Å². The topological polar surface area (TPSA) is 62.5 Å². The lowest BCUT2D eigenvalue weighted by molar-refractivity contribution is 0.572. The van der Waals surface area contributed by atoms with Crippen LogP contribution in [0.25, 0.3) is 11.5 Å². The first-order chi connectivity index (χ1) is 12.6. The van der Waals surface area contributed by atoms with Gasteiger partial charge < -0.3 is 15.1 Å². The quantitative estimate of drug-likeness (QED) is 0.303. The summed E-state index contributed by atoms with van der Waals surface area (Å²) >= 11 is 6.00. The highest BCUT2D eigenvalue weighted by molar-refractivity contribution is 14.0. The highest BCUT2D eigenvalue weighted by Gasteiger charge is 2.07. The second-order valence-corrected chi connectivity index (χ2v) is 6.36. The van der Waals surface area contributed by atoms with Crippen LogP contribution in [-0.4, -0.2) is 18.0 Å². The Labute approximate surface area is 181 Å². The molecule has 7 heteroatoms. The molecule has 0 saturated carbocycles. The molecule has 0 saturated heterocycles. The maximum atomic E-state index is 6.00. The van der Waals surface area contributed by atoms with Crippen molar-refractivity contribution < 1.29 is 4.42 Å². The fraction of sp³-hybridized carbons (Fsp3) is 0.200. The zero-order chi connectivity index (χ0) is 18.4. The molecule has 0 spiro atoms. The van der Waals surface area contributed by atoms with Gasteiger partial charge >= 0.3 is 0 Å². The second-order valence-electron chi connectivity index (χ2n) is 5.92. The highest BCUT2D eigenvalue weighted by atomic mass is 127. The summed E-state index contributed by atoms with van der Waals surface area (Å²) in [7, 11) is 1.73. The van der Waals surface area contributed by atoms with Crippen LogP contribution in [0.15, 0.2) is 64.2 Å². The highest BCUT2D eigenvalue weighted by Crippen LogP contribution is 2.19. The van der Waals surface area contributed by atoms with Crippen LogP contribution in [0.2, 0.25) is 5.02 Å². The fourth-order valence-corrected chi connectivity index (χ4v) is 2.66. The molecule has 0 bridgehead atoms. The minimum atomic E-state index is 0. The van der Waals surface area contributed by atoms with E-state index in [2.05, 4.69) is 27.5 Å². The number of aromatic nitrogens is 1. The Morgan fingerprint density at radius 2 is 1.85 bits per heavy atom. The van der Waals surface area contributed by atoms with Gasteiger partial charge in [-0.1, -0.05) is 41.4 Å². The Hall–Kier alpha value is -2.06. The van der Waals surface area contributed by atoms with Gasteiger partial charge in [-0.2, -0.15) is 0 Å². The van der Waals surface area contributed by atoms with Gasteiger partial charge in [-0.05, 0) is 36.8 Å². The minimum absolute atomic E-state index is 0. The molecule has 0 unspecified atom stereocenters. The normalized spacial score (nSPS) is 11.0. The molecule has 0 aliphatic rings. The van der Waals surface area contributed by atoms with Crippen LogP contribution in [0.5, 0.6) is 0 Å². The number of nitrogens with zero attached hydrogens (tertiary/aromatic N) is 2. The van der Waals surface area contributed by atoms with Crippen molar-refractivity contribution in [2.75, 3.05) is 7.05 Å². The average Bonchev–Trinajstić information content (AvgIpc) is 3.11. The first-order valence-corrected chi connectivity index (χ1v) is 8.72. The van der Waals surface area contributed by atoms with Gasteiger partial charge in [0.2, 0.25) is 5.89 Å². The van der Waals surface area contributed by atoms with Gasteiger partial charge in [0.15, 0.2) is 5.96 Å². The minimum Gasteiger partial charge on any atom is -0.444 e. The zero-order valence-electron chi connectivity index (χ0n) is 15.2. The molecule has 3 aromatic rings. The maximum Gasteiger partial charge on any atom is 0.226 e. The standard InChI is InChI=1S/C20H21ClN4O.HI/c1-14-6-8-16(9-7-14)19-25-18(13-26-19)12-24-20(22-2)23-11-15-4-3-5-17(21)10-15;/h3-10,13H,11-12H2,1-2H3,(H2,22,23,24);1H. The van der Waals surface area contributed by atoms with E-state index in [1.807, 2.05) is 48.5 Å². The molecular weight excluding hydrogens is 475 g/mol. The summed E-state index contributed by atoms with van der Waals surface area (Å²) in [5, 5.41) is 7.20. The van der Waals surface area contributed by atoms with Crippen molar-refractivity contribution in [2.24, 2.45) is 4.99 Å². The lowest BCUT2D eigenvalue weighted by Crippen LogP contribution is -2.36. The number of aryl methyl sites for hydroxylation is 1. The van der Waals surface area contributed by atoms with Crippen LogP contribution in [0.3, 0.4) is 0 Å². The molecule has 0 radical (unpaired) electrons. The number of aliphatic imine (C=N–C) groups is 1. The van der Waals surface area contributed by atoms with Gasteiger partial charge in [0.25, 0.3) is 0 Å². The maximum absolute atomic E-state index is 6.00. The summed E-state index contributed by atoms with van der Waals surface area (Å²) in [5.41, 5.74) is 4.07. The van der Waals surface area contributed by atoms with E-state index in [4.69, 9.17) is 16.0 Å². The molecule has 2 aromatic carbocycles. The fourth-order valence-electron chi connectivity index (χ4n) is 2.44. The van der Waals surface area contributed by atoms with Gasteiger partial charge in [-0.25, -0.2) is 4.98 Å². The Balaban J connectivity index is 0.00000261. The van der Waals surface area contributed by atoms with Crippen molar-refractivity contribution in [2.45, 2.75) is 20.0 Å². The predicted molar refractivity (Wildman–Crippen MR) is 121 cm³/mol. The molecule has 1 aromatic heterocycles. The molecule has 0 atom stereocenters. The molecule has 0 aliphatic heterocycles. The third-order valence-corrected chi connectivity index (χ3v) is 4.09. The summed E-state index contributed by atoms with van der Waals surface area (Å²) in [4.78, 5) is 8.74. The summed E-state index contributed by atoms with van der Waals surface area (Å²) < 4.78 is 5.57. The van der Waals surface area contributed by atoms with Crippen LogP contribution in [0.4, 0.5) is 0 Å². The lowest BCUT2D eigenvalue weighted by atomic mass is 10.1. The summed E-state index contributed by atoms with van der Waals surface area (Å²) in [6, 6.07) is 15.8. The summed E-state index contributed by atoms with van der Waals surface area (Å²) in [6.45, 7) is 3.20. The van der Waals surface area contributed by atoms with Crippen molar-refractivity contribution in [3.63, 3.8) is 0 Å². The number of nitrogens with one attached hydrogen (secondary N) is 2. The molecule has 0 aliphatic carbocycles. The first kappa shape index (κ1) is 21.2. The Morgan fingerprint density at radius 1 is 1.11 bits per heavy atom. The van der Waals surface area contributed by atoms with Gasteiger partial charge in [-0.3, -0.25) is 4.99 Å². The Bertz CT molecular complexity index is 893. The van der Waals surface area contributed by atoms with E-state index in [-0.39, 0.29) is 24.0 Å². The average molecular weight is 497 g/mol. The number of guanidine groups is 1. The predicted octanol–water partition coefficient (Wildman–Crippen LogP) is 4.79. The van der Waals surface area contributed by atoms with Crippen molar-refractivity contribution in [1.82, 2.24) is 15.6 Å². The first-order valence-electron chi connectivity index (χ1n) is 8.34. The van der Waals surface area contributed by atoms with Crippen LogP contribution < -0.4 is 10.6 Å². The molecule has 0 fully saturated rings. The van der Waals surface area contributed by atoms with Gasteiger partial charge in [0.05, 0.1) is 12.2 Å². The largest absolute Gasteiger partial charge is 0.444 e. The van der Waals surface area contributed by atoms with Crippen molar-refractivity contribution in [1.29, 1.82) is 0 Å². The van der Waals surface area contributed by atoms with E-state index >= 15 is 0 Å². The van der Waals surface area contributed by atoms with Crippen molar-refractivity contribution >= 4 is 41.5 Å². The van der Waals surface area contributed by atoms with Crippen LogP contribution in [-0.2, 0) is 13.1 Å². The molecule has 1 heterocycles. The van der Waals surface area contributed by atoms with E-state index in [0.29, 0.717) is 24.9 Å². The lowest BCUT2D eigenvalue weighted by Gasteiger charge is -2.11. The van der Waals surface area contributed by atoms with Gasteiger partial charge in [0.1, 0.15) is 6.26 Å². The van der Waals surface area contributed by atoms with Gasteiger partial charge in [-0.15, -0.1) is 24.0 Å². The van der Waals surface area contributed by atoms with Crippen LogP contribution in [0.1, 0.15) is 16.8 Å². The molecule has 0 amide bonds. The van der Waals surface area contributed by atoms with E-state index in [1.54, 1.807) is 13.3 Å². The number of oxazole rings is 1. The third-order valence-electron chi connectivity index (χ3n) is 3.86. The number of hydrogen-bond donors (Lipinski definition) is 2. The molecule has 142 valence electrons. The van der Waals surface area contributed by atoms with E-state index in [0.717, 1.165) is 21.8 Å². The summed E-state index contributed by atoms with van der Waals surface area (Å²) in [5.74, 6) is 1.30. The molecular formula is C20H22ClIN4O. The number of halogens is 2. The Morgan fingerprint density at radius 3 is 2.56 bits per heavy atom. The van der Waals surface area contributed by atoms with E-state index in [1.165, 1.54) is 5.56 Å². The SMILES string of the molecule is CN=C(NCc1cccc(Cl)c1)NCc1coc(-c2ccc(C)cc2)n1.I. The number of rotatable bonds is 5. The van der Waals surface area contributed by atoms with E-state index < -0.39 is 0 Å². The number of benzene rings is 2. The third kappa shape index (κ3) is 6.25. The summed E-state index contributed by atoms with van der Waals surface area (Å²) in [6.07, 6.45) is 1.66. The molecule has 27 heavy (non-hydrogen) atoms. The van der Waals surface area contributed by atoms with Crippen LogP contribution >= 0.6 is 35.6 Å². The van der Waals surface area contributed by atoms with Crippen LogP contribution in [0, 0.1) is 6.92 Å².